The molecule has 0 atom stereocenters. The van der Waals surface area contributed by atoms with Gasteiger partial charge in [-0.1, -0.05) is 13.0 Å². The maximum absolute atomic E-state index is 13.1. The Labute approximate surface area is 132 Å². The fourth-order valence-corrected chi connectivity index (χ4v) is 2.33. The van der Waals surface area contributed by atoms with Crippen molar-refractivity contribution in [2.45, 2.75) is 13.3 Å². The summed E-state index contributed by atoms with van der Waals surface area (Å²) in [5.41, 5.74) is 1.94. The molecule has 1 N–H and O–H groups in total. The SMILES string of the molecule is CCc1c(C(=O)Nc2ccccn2)cnn1-c1ccc(F)cc1. The molecule has 5 nitrogen and oxygen atoms in total. The van der Waals surface area contributed by atoms with E-state index in [-0.39, 0.29) is 11.7 Å². The molecule has 0 aliphatic rings. The minimum Gasteiger partial charge on any atom is -0.306 e. The van der Waals surface area contributed by atoms with E-state index in [0.29, 0.717) is 23.5 Å². The molecule has 0 bridgehead atoms. The number of rotatable bonds is 4. The number of hydrogen-bond donors (Lipinski definition) is 1. The summed E-state index contributed by atoms with van der Waals surface area (Å²) in [5.74, 6) is -0.102. The van der Waals surface area contributed by atoms with E-state index in [1.54, 1.807) is 41.2 Å². The Morgan fingerprint density at radius 2 is 2.00 bits per heavy atom. The molecule has 0 aliphatic heterocycles. The molecular weight excluding hydrogens is 295 g/mol. The number of pyridine rings is 1. The zero-order chi connectivity index (χ0) is 16.2. The van der Waals surface area contributed by atoms with Gasteiger partial charge in [-0.05, 0) is 42.8 Å². The summed E-state index contributed by atoms with van der Waals surface area (Å²) in [6.07, 6.45) is 3.74. The van der Waals surface area contributed by atoms with Crippen LogP contribution in [-0.2, 0) is 6.42 Å². The Kier molecular flexibility index (Phi) is 4.14. The van der Waals surface area contributed by atoms with Crippen molar-refractivity contribution in [1.82, 2.24) is 14.8 Å². The summed E-state index contributed by atoms with van der Waals surface area (Å²) < 4.78 is 14.7. The van der Waals surface area contributed by atoms with Crippen molar-refractivity contribution in [3.63, 3.8) is 0 Å². The minimum absolute atomic E-state index is 0.270. The van der Waals surface area contributed by atoms with Crippen LogP contribution < -0.4 is 5.32 Å². The number of nitrogens with one attached hydrogen (secondary N) is 1. The molecule has 0 radical (unpaired) electrons. The van der Waals surface area contributed by atoms with Gasteiger partial charge < -0.3 is 5.32 Å². The van der Waals surface area contributed by atoms with Gasteiger partial charge in [-0.15, -0.1) is 0 Å². The average Bonchev–Trinajstić information content (AvgIpc) is 3.00. The van der Waals surface area contributed by atoms with E-state index in [9.17, 15) is 9.18 Å². The quantitative estimate of drug-likeness (QED) is 0.805. The van der Waals surface area contributed by atoms with Gasteiger partial charge >= 0.3 is 0 Å². The van der Waals surface area contributed by atoms with Crippen molar-refractivity contribution in [2.75, 3.05) is 5.32 Å². The first-order chi connectivity index (χ1) is 11.2. The molecule has 1 amide bonds. The fraction of sp³-hybridized carbons (Fsp3) is 0.118. The molecule has 0 aliphatic carbocycles. The number of benzene rings is 1. The molecule has 6 heteroatoms. The number of nitrogens with zero attached hydrogens (tertiary/aromatic N) is 3. The number of carbonyl (C=O) groups is 1. The van der Waals surface area contributed by atoms with E-state index in [1.807, 2.05) is 6.92 Å². The van der Waals surface area contributed by atoms with Crippen LogP contribution in [-0.4, -0.2) is 20.7 Å². The van der Waals surface area contributed by atoms with Crippen LogP contribution >= 0.6 is 0 Å². The normalized spacial score (nSPS) is 10.5. The fourth-order valence-electron chi connectivity index (χ4n) is 2.33. The highest BCUT2D eigenvalue weighted by molar-refractivity contribution is 6.04. The Morgan fingerprint density at radius 1 is 1.22 bits per heavy atom. The predicted molar refractivity (Wildman–Crippen MR) is 85.1 cm³/mol. The molecule has 3 aromatic rings. The van der Waals surface area contributed by atoms with Crippen LogP contribution in [0.3, 0.4) is 0 Å². The van der Waals surface area contributed by atoms with Gasteiger partial charge in [0.05, 0.1) is 23.1 Å². The summed E-state index contributed by atoms with van der Waals surface area (Å²) in [6.45, 7) is 1.94. The van der Waals surface area contributed by atoms with Gasteiger partial charge in [-0.2, -0.15) is 5.10 Å². The van der Waals surface area contributed by atoms with Crippen molar-refractivity contribution >= 4 is 11.7 Å². The van der Waals surface area contributed by atoms with E-state index in [0.717, 1.165) is 5.69 Å². The van der Waals surface area contributed by atoms with E-state index < -0.39 is 0 Å². The van der Waals surface area contributed by atoms with E-state index >= 15 is 0 Å². The van der Waals surface area contributed by atoms with Crippen LogP contribution in [0, 0.1) is 5.82 Å². The maximum atomic E-state index is 13.1. The van der Waals surface area contributed by atoms with Crippen LogP contribution in [0.2, 0.25) is 0 Å². The predicted octanol–water partition coefficient (Wildman–Crippen LogP) is 3.22. The molecule has 0 saturated carbocycles. The summed E-state index contributed by atoms with van der Waals surface area (Å²) >= 11 is 0. The lowest BCUT2D eigenvalue weighted by Gasteiger charge is -2.08. The largest absolute Gasteiger partial charge is 0.306 e. The molecule has 1 aromatic carbocycles. The monoisotopic (exact) mass is 310 g/mol. The second-order valence-electron chi connectivity index (χ2n) is 4.92. The number of aromatic nitrogens is 3. The number of anilines is 1. The molecule has 0 fully saturated rings. The van der Waals surface area contributed by atoms with Crippen LogP contribution in [0.4, 0.5) is 10.2 Å². The van der Waals surface area contributed by atoms with E-state index in [1.165, 1.54) is 18.3 Å². The van der Waals surface area contributed by atoms with Crippen molar-refractivity contribution in [3.8, 4) is 5.69 Å². The number of carbonyl (C=O) groups excluding carboxylic acids is 1. The Morgan fingerprint density at radius 3 is 2.65 bits per heavy atom. The first kappa shape index (κ1) is 14.9. The van der Waals surface area contributed by atoms with Crippen molar-refractivity contribution in [2.24, 2.45) is 0 Å². The lowest BCUT2D eigenvalue weighted by Crippen LogP contribution is -2.15. The Hall–Kier alpha value is -3.02. The van der Waals surface area contributed by atoms with Crippen molar-refractivity contribution < 1.29 is 9.18 Å². The highest BCUT2D eigenvalue weighted by Gasteiger charge is 2.17. The molecule has 0 saturated heterocycles. The van der Waals surface area contributed by atoms with Gasteiger partial charge in [0.2, 0.25) is 0 Å². The maximum Gasteiger partial charge on any atom is 0.260 e. The van der Waals surface area contributed by atoms with Gasteiger partial charge in [0.1, 0.15) is 11.6 Å². The average molecular weight is 310 g/mol. The molecule has 0 spiro atoms. The summed E-state index contributed by atoms with van der Waals surface area (Å²) in [4.78, 5) is 16.5. The highest BCUT2D eigenvalue weighted by atomic mass is 19.1. The number of hydrogen-bond acceptors (Lipinski definition) is 3. The summed E-state index contributed by atoms with van der Waals surface area (Å²) in [6, 6.07) is 11.3. The Balaban J connectivity index is 1.91. The number of amides is 1. The topological polar surface area (TPSA) is 59.8 Å². The summed E-state index contributed by atoms with van der Waals surface area (Å²) in [5, 5.41) is 7.01. The van der Waals surface area contributed by atoms with Crippen molar-refractivity contribution in [1.29, 1.82) is 0 Å². The van der Waals surface area contributed by atoms with Gasteiger partial charge in [-0.3, -0.25) is 4.79 Å². The zero-order valence-electron chi connectivity index (χ0n) is 12.5. The summed E-state index contributed by atoms with van der Waals surface area (Å²) in [7, 11) is 0. The van der Waals surface area contributed by atoms with Crippen LogP contribution in [0.5, 0.6) is 0 Å². The smallest absolute Gasteiger partial charge is 0.260 e. The van der Waals surface area contributed by atoms with E-state index in [4.69, 9.17) is 0 Å². The first-order valence-corrected chi connectivity index (χ1v) is 7.24. The third-order valence-electron chi connectivity index (χ3n) is 3.43. The van der Waals surface area contributed by atoms with Crippen molar-refractivity contribution in [3.05, 3.63) is 71.9 Å². The third kappa shape index (κ3) is 3.11. The van der Waals surface area contributed by atoms with E-state index in [2.05, 4.69) is 15.4 Å². The molecule has 0 unspecified atom stereocenters. The molecule has 2 heterocycles. The highest BCUT2D eigenvalue weighted by Crippen LogP contribution is 2.17. The second-order valence-corrected chi connectivity index (χ2v) is 4.92. The zero-order valence-corrected chi connectivity index (χ0v) is 12.5. The lowest BCUT2D eigenvalue weighted by molar-refractivity contribution is 0.102. The number of halogens is 1. The Bertz CT molecular complexity index is 812. The van der Waals surface area contributed by atoms with Crippen LogP contribution in [0.25, 0.3) is 5.69 Å². The second kappa shape index (κ2) is 6.39. The molecule has 116 valence electrons. The van der Waals surface area contributed by atoms with Crippen LogP contribution in [0.15, 0.2) is 54.9 Å². The van der Waals surface area contributed by atoms with Gasteiger partial charge in [0, 0.05) is 6.20 Å². The molecule has 23 heavy (non-hydrogen) atoms. The van der Waals surface area contributed by atoms with Gasteiger partial charge in [-0.25, -0.2) is 14.1 Å². The first-order valence-electron chi connectivity index (χ1n) is 7.24. The standard InChI is InChI=1S/C17H15FN4O/c1-2-15-14(17(23)21-16-5-3-4-10-19-16)11-20-22(15)13-8-6-12(18)7-9-13/h3-11H,2H2,1H3,(H,19,21,23). The molecule has 2 aromatic heterocycles. The van der Waals surface area contributed by atoms with Gasteiger partial charge in [0.15, 0.2) is 0 Å². The molecule has 3 rings (SSSR count). The van der Waals surface area contributed by atoms with Crippen LogP contribution in [0.1, 0.15) is 23.0 Å². The third-order valence-corrected chi connectivity index (χ3v) is 3.43. The van der Waals surface area contributed by atoms with Gasteiger partial charge in [0.25, 0.3) is 5.91 Å². The minimum atomic E-state index is -0.313. The molecular formula is C17H15FN4O. The lowest BCUT2D eigenvalue weighted by atomic mass is 10.2.